The molecule has 0 bridgehead atoms. The van der Waals surface area contributed by atoms with Gasteiger partial charge in [-0.15, -0.1) is 0 Å². The Labute approximate surface area is 106 Å². The summed E-state index contributed by atoms with van der Waals surface area (Å²) in [5.41, 5.74) is 0.780. The second kappa shape index (κ2) is 3.55. The van der Waals surface area contributed by atoms with E-state index in [1.807, 2.05) is 33.8 Å². The third-order valence-electron chi connectivity index (χ3n) is 3.76. The van der Waals surface area contributed by atoms with Crippen molar-refractivity contribution in [3.05, 3.63) is 18.5 Å². The van der Waals surface area contributed by atoms with Gasteiger partial charge in [0.2, 0.25) is 5.65 Å². The summed E-state index contributed by atoms with van der Waals surface area (Å²) in [7, 11) is -0.401. The predicted octanol–water partition coefficient (Wildman–Crippen LogP) is 1.52. The van der Waals surface area contributed by atoms with Gasteiger partial charge in [-0.05, 0) is 33.8 Å². The molecule has 1 aliphatic rings. The van der Waals surface area contributed by atoms with E-state index in [4.69, 9.17) is 13.8 Å². The van der Waals surface area contributed by atoms with Crippen LogP contribution in [-0.4, -0.2) is 28.5 Å². The van der Waals surface area contributed by atoms with Gasteiger partial charge in [0.1, 0.15) is 6.26 Å². The molecule has 0 amide bonds. The van der Waals surface area contributed by atoms with Gasteiger partial charge in [0, 0.05) is 11.7 Å². The van der Waals surface area contributed by atoms with Crippen molar-refractivity contribution in [2.24, 2.45) is 0 Å². The number of rotatable bonds is 1. The normalized spacial score (nSPS) is 21.7. The van der Waals surface area contributed by atoms with Gasteiger partial charge >= 0.3 is 7.12 Å². The lowest BCUT2D eigenvalue weighted by atomic mass is 9.80. The molecule has 94 valence electrons. The number of hydrogen-bond donors (Lipinski definition) is 0. The summed E-state index contributed by atoms with van der Waals surface area (Å²) < 4.78 is 16.8. The molecular formula is C12H15BN2O3. The predicted molar refractivity (Wildman–Crippen MR) is 67.5 cm³/mol. The number of hydrogen-bond acceptors (Lipinski definition) is 5. The van der Waals surface area contributed by atoms with Gasteiger partial charge in [0.15, 0.2) is 0 Å². The van der Waals surface area contributed by atoms with Gasteiger partial charge in [-0.25, -0.2) is 4.98 Å². The molecule has 0 saturated carbocycles. The minimum atomic E-state index is -0.401. The maximum Gasteiger partial charge on any atom is 0.496 e. The molecule has 0 aliphatic carbocycles. The Kier molecular flexibility index (Phi) is 2.31. The van der Waals surface area contributed by atoms with Crippen molar-refractivity contribution in [3.63, 3.8) is 0 Å². The molecule has 2 aromatic heterocycles. The molecule has 6 heteroatoms. The van der Waals surface area contributed by atoms with Crippen molar-refractivity contribution in [1.82, 2.24) is 10.1 Å². The summed E-state index contributed by atoms with van der Waals surface area (Å²) in [5, 5.41) is 4.63. The van der Waals surface area contributed by atoms with Crippen LogP contribution in [0.4, 0.5) is 0 Å². The Morgan fingerprint density at radius 2 is 1.78 bits per heavy atom. The summed E-state index contributed by atoms with van der Waals surface area (Å²) in [4.78, 5) is 4.22. The van der Waals surface area contributed by atoms with E-state index in [1.165, 1.54) is 0 Å². The van der Waals surface area contributed by atoms with Crippen molar-refractivity contribution in [3.8, 4) is 0 Å². The van der Waals surface area contributed by atoms with Crippen LogP contribution in [0.15, 0.2) is 23.0 Å². The van der Waals surface area contributed by atoms with Gasteiger partial charge in [-0.2, -0.15) is 0 Å². The molecule has 0 aromatic carbocycles. The standard InChI is InChI=1S/C12H15BN2O3/c1-11(2)12(3,4)18-13(17-11)9-5-8-7-16-15-10(8)14-6-9/h5-7H,1-4H3. The monoisotopic (exact) mass is 246 g/mol. The van der Waals surface area contributed by atoms with Crippen molar-refractivity contribution >= 4 is 23.6 Å². The van der Waals surface area contributed by atoms with Crippen LogP contribution in [0.2, 0.25) is 0 Å². The zero-order chi connectivity index (χ0) is 13.0. The molecule has 3 heterocycles. The third kappa shape index (κ3) is 1.64. The van der Waals surface area contributed by atoms with Crippen LogP contribution in [0.25, 0.3) is 11.0 Å². The highest BCUT2D eigenvalue weighted by atomic mass is 16.7. The molecule has 2 aromatic rings. The molecule has 0 spiro atoms. The molecule has 18 heavy (non-hydrogen) atoms. The molecule has 0 radical (unpaired) electrons. The molecule has 1 fully saturated rings. The van der Waals surface area contributed by atoms with Gasteiger partial charge in [-0.1, -0.05) is 5.16 Å². The molecule has 5 nitrogen and oxygen atoms in total. The van der Waals surface area contributed by atoms with Crippen LogP contribution in [0.3, 0.4) is 0 Å². The number of nitrogens with zero attached hydrogens (tertiary/aromatic N) is 2. The number of aromatic nitrogens is 2. The van der Waals surface area contributed by atoms with Crippen LogP contribution in [0, 0.1) is 0 Å². The average molecular weight is 246 g/mol. The largest absolute Gasteiger partial charge is 0.496 e. The lowest BCUT2D eigenvalue weighted by Crippen LogP contribution is -2.41. The molecule has 3 rings (SSSR count). The van der Waals surface area contributed by atoms with Gasteiger partial charge in [0.25, 0.3) is 0 Å². The first kappa shape index (κ1) is 11.7. The van der Waals surface area contributed by atoms with E-state index in [-0.39, 0.29) is 11.2 Å². The molecule has 1 saturated heterocycles. The van der Waals surface area contributed by atoms with E-state index < -0.39 is 7.12 Å². The SMILES string of the molecule is CC1(C)OB(c2cnc3nocc3c2)OC1(C)C. The lowest BCUT2D eigenvalue weighted by Gasteiger charge is -2.32. The Hall–Kier alpha value is -1.40. The molecule has 0 unspecified atom stereocenters. The number of fused-ring (bicyclic) bond motifs is 1. The second-order valence-electron chi connectivity index (χ2n) is 5.58. The maximum atomic E-state index is 5.96. The summed E-state index contributed by atoms with van der Waals surface area (Å²) in [6.45, 7) is 8.10. The van der Waals surface area contributed by atoms with Crippen molar-refractivity contribution < 1.29 is 13.8 Å². The van der Waals surface area contributed by atoms with Gasteiger partial charge in [-0.3, -0.25) is 0 Å². The van der Waals surface area contributed by atoms with Crippen LogP contribution >= 0.6 is 0 Å². The van der Waals surface area contributed by atoms with E-state index in [0.717, 1.165) is 10.8 Å². The first-order valence-electron chi connectivity index (χ1n) is 5.95. The highest BCUT2D eigenvalue weighted by Gasteiger charge is 2.51. The molecular weight excluding hydrogens is 231 g/mol. The minimum Gasteiger partial charge on any atom is -0.399 e. The Balaban J connectivity index is 1.96. The van der Waals surface area contributed by atoms with Crippen LogP contribution in [0.5, 0.6) is 0 Å². The zero-order valence-corrected chi connectivity index (χ0v) is 10.9. The lowest BCUT2D eigenvalue weighted by molar-refractivity contribution is 0.00578. The van der Waals surface area contributed by atoms with E-state index >= 15 is 0 Å². The Morgan fingerprint density at radius 1 is 1.11 bits per heavy atom. The third-order valence-corrected chi connectivity index (χ3v) is 3.76. The molecule has 0 N–H and O–H groups in total. The first-order valence-corrected chi connectivity index (χ1v) is 5.95. The van der Waals surface area contributed by atoms with Crippen molar-refractivity contribution in [2.75, 3.05) is 0 Å². The van der Waals surface area contributed by atoms with E-state index in [2.05, 4.69) is 10.1 Å². The van der Waals surface area contributed by atoms with Crippen molar-refractivity contribution in [2.45, 2.75) is 38.9 Å². The quantitative estimate of drug-likeness (QED) is 0.714. The van der Waals surface area contributed by atoms with E-state index in [1.54, 1.807) is 12.5 Å². The molecule has 1 aliphatic heterocycles. The van der Waals surface area contributed by atoms with Crippen LogP contribution < -0.4 is 5.46 Å². The maximum absolute atomic E-state index is 5.96. The van der Waals surface area contributed by atoms with Gasteiger partial charge < -0.3 is 13.8 Å². The topological polar surface area (TPSA) is 57.4 Å². The van der Waals surface area contributed by atoms with Crippen LogP contribution in [-0.2, 0) is 9.31 Å². The summed E-state index contributed by atoms with van der Waals surface area (Å²) in [6, 6.07) is 1.93. The highest BCUT2D eigenvalue weighted by Crippen LogP contribution is 2.36. The second-order valence-corrected chi connectivity index (χ2v) is 5.58. The fourth-order valence-electron chi connectivity index (χ4n) is 1.90. The zero-order valence-electron chi connectivity index (χ0n) is 10.9. The number of pyridine rings is 1. The first-order chi connectivity index (χ1) is 8.39. The molecule has 0 atom stereocenters. The van der Waals surface area contributed by atoms with Crippen molar-refractivity contribution in [1.29, 1.82) is 0 Å². The van der Waals surface area contributed by atoms with Crippen LogP contribution in [0.1, 0.15) is 27.7 Å². The Bertz CT molecular complexity index is 578. The Morgan fingerprint density at radius 3 is 2.44 bits per heavy atom. The fraction of sp³-hybridized carbons (Fsp3) is 0.500. The minimum absolute atomic E-state index is 0.346. The van der Waals surface area contributed by atoms with Gasteiger partial charge in [0.05, 0.1) is 16.6 Å². The summed E-state index contributed by atoms with van der Waals surface area (Å²) >= 11 is 0. The highest BCUT2D eigenvalue weighted by molar-refractivity contribution is 6.62. The smallest absolute Gasteiger partial charge is 0.399 e. The summed E-state index contributed by atoms with van der Waals surface area (Å²) in [6.07, 6.45) is 3.28. The van der Waals surface area contributed by atoms with E-state index in [0.29, 0.717) is 5.65 Å². The fourth-order valence-corrected chi connectivity index (χ4v) is 1.90. The summed E-state index contributed by atoms with van der Waals surface area (Å²) in [5.74, 6) is 0. The van der Waals surface area contributed by atoms with E-state index in [9.17, 15) is 0 Å². The average Bonchev–Trinajstić information content (AvgIpc) is 2.80.